The van der Waals surface area contributed by atoms with Gasteiger partial charge in [-0.1, -0.05) is 17.3 Å². The van der Waals surface area contributed by atoms with E-state index in [4.69, 9.17) is 4.52 Å². The summed E-state index contributed by atoms with van der Waals surface area (Å²) in [6.45, 7) is 0. The Hall–Kier alpha value is -4.15. The maximum atomic E-state index is 14.2. The Morgan fingerprint density at radius 2 is 1.83 bits per heavy atom. The highest BCUT2D eigenvalue weighted by molar-refractivity contribution is 6.43. The number of allylic oxidation sites excluding steroid dienone is 2. The van der Waals surface area contributed by atoms with Gasteiger partial charge in [-0.15, -0.1) is 13.2 Å². The molecular formula is C25H17F5N4O2. The number of halogens is 5. The number of amidine groups is 1. The maximum Gasteiger partial charge on any atom is 0.573 e. The lowest BCUT2D eigenvalue weighted by atomic mass is 10.0. The predicted octanol–water partition coefficient (Wildman–Crippen LogP) is 6.08. The van der Waals surface area contributed by atoms with E-state index in [1.54, 1.807) is 12.3 Å². The summed E-state index contributed by atoms with van der Waals surface area (Å²) in [5.41, 5.74) is 2.16. The summed E-state index contributed by atoms with van der Waals surface area (Å²) in [5, 5.41) is 4.05. The van der Waals surface area contributed by atoms with Crippen LogP contribution in [-0.4, -0.2) is 35.3 Å². The number of aliphatic imine (C=N–C) groups is 3. The first-order valence-electron chi connectivity index (χ1n) is 10.9. The number of aromatic nitrogens is 1. The zero-order valence-corrected chi connectivity index (χ0v) is 18.5. The van der Waals surface area contributed by atoms with Crippen LogP contribution in [0.2, 0.25) is 0 Å². The molecule has 1 atom stereocenters. The fourth-order valence-corrected chi connectivity index (χ4v) is 3.83. The van der Waals surface area contributed by atoms with Gasteiger partial charge in [-0.25, -0.2) is 18.8 Å². The normalized spacial score (nSPS) is 19.0. The monoisotopic (exact) mass is 500 g/mol. The summed E-state index contributed by atoms with van der Waals surface area (Å²) in [4.78, 5) is 13.2. The van der Waals surface area contributed by atoms with Crippen LogP contribution in [0.4, 0.5) is 22.0 Å². The zero-order valence-electron chi connectivity index (χ0n) is 18.5. The summed E-state index contributed by atoms with van der Waals surface area (Å²) in [6, 6.07) is 10.7. The van der Waals surface area contributed by atoms with Gasteiger partial charge in [0.1, 0.15) is 11.5 Å². The van der Waals surface area contributed by atoms with Crippen LogP contribution >= 0.6 is 0 Å². The molecule has 5 rings (SSSR count). The van der Waals surface area contributed by atoms with E-state index < -0.39 is 18.0 Å². The summed E-state index contributed by atoms with van der Waals surface area (Å²) in [6.07, 6.45) is 0.437. The second kappa shape index (κ2) is 9.48. The van der Waals surface area contributed by atoms with Gasteiger partial charge in [0.25, 0.3) is 0 Å². The summed E-state index contributed by atoms with van der Waals surface area (Å²) < 4.78 is 74.0. The lowest BCUT2D eigenvalue weighted by Crippen LogP contribution is -2.16. The first kappa shape index (κ1) is 23.6. The van der Waals surface area contributed by atoms with E-state index in [0.717, 1.165) is 6.07 Å². The zero-order chi connectivity index (χ0) is 25.3. The fraction of sp³-hybridized carbons (Fsp3) is 0.200. The molecule has 2 aliphatic rings. The van der Waals surface area contributed by atoms with Gasteiger partial charge in [0, 0.05) is 24.3 Å². The molecule has 36 heavy (non-hydrogen) atoms. The van der Waals surface area contributed by atoms with Crippen LogP contribution in [0, 0.1) is 11.6 Å². The van der Waals surface area contributed by atoms with E-state index in [-0.39, 0.29) is 23.2 Å². The van der Waals surface area contributed by atoms with Crippen molar-refractivity contribution in [3.63, 3.8) is 0 Å². The molecule has 0 spiro atoms. The molecule has 0 fully saturated rings. The van der Waals surface area contributed by atoms with Gasteiger partial charge in [0.2, 0.25) is 0 Å². The summed E-state index contributed by atoms with van der Waals surface area (Å²) in [7, 11) is 0. The first-order valence-corrected chi connectivity index (χ1v) is 10.9. The molecule has 3 aromatic rings. The molecule has 184 valence electrons. The van der Waals surface area contributed by atoms with Crippen molar-refractivity contribution in [3.8, 4) is 17.1 Å². The number of hydrogen-bond donors (Lipinski definition) is 0. The fourth-order valence-electron chi connectivity index (χ4n) is 3.83. The second-order valence-electron chi connectivity index (χ2n) is 8.09. The van der Waals surface area contributed by atoms with Crippen molar-refractivity contribution in [2.75, 3.05) is 0 Å². The largest absolute Gasteiger partial charge is 0.573 e. The highest BCUT2D eigenvalue weighted by Crippen LogP contribution is 2.28. The number of ether oxygens (including phenoxy) is 1. The molecule has 0 saturated heterocycles. The van der Waals surface area contributed by atoms with E-state index in [0.29, 0.717) is 47.7 Å². The standard InChI is InChI=1S/C25H17F5N4O2/c26-19-5-2-4-18(23(19)27)24-32-20-6-1-3-15(31-13-21(20)33-24)11-16-12-22(36-34-16)14-7-9-17(10-8-14)35-25(28,29)30/h2,4-10,12-13,15H,1,3,11H2/b20-6+,31-13?. The molecule has 0 amide bonds. The molecule has 0 aliphatic carbocycles. The van der Waals surface area contributed by atoms with Gasteiger partial charge in [-0.05, 0) is 49.2 Å². The average molecular weight is 500 g/mol. The van der Waals surface area contributed by atoms with Crippen molar-refractivity contribution in [3.05, 3.63) is 83.2 Å². The third-order valence-electron chi connectivity index (χ3n) is 5.53. The SMILES string of the molecule is Fc1cccc(C2=N/C3=C/CCC(Cc4cc(-c5ccc(OC(F)(F)F)cc5)on4)N=CC3=N2)c1F. The number of rotatable bonds is 5. The molecule has 2 aliphatic heterocycles. The molecule has 3 heterocycles. The molecule has 0 saturated carbocycles. The second-order valence-corrected chi connectivity index (χ2v) is 8.09. The molecule has 0 N–H and O–H groups in total. The van der Waals surface area contributed by atoms with Gasteiger partial charge >= 0.3 is 6.36 Å². The number of fused-ring (bicyclic) bond motifs is 1. The van der Waals surface area contributed by atoms with E-state index in [9.17, 15) is 22.0 Å². The van der Waals surface area contributed by atoms with Gasteiger partial charge in [-0.3, -0.25) is 4.99 Å². The summed E-state index contributed by atoms with van der Waals surface area (Å²) >= 11 is 0. The quantitative estimate of drug-likeness (QED) is 0.399. The van der Waals surface area contributed by atoms with Crippen molar-refractivity contribution >= 4 is 17.8 Å². The smallest absolute Gasteiger partial charge is 0.406 e. The van der Waals surface area contributed by atoms with Crippen molar-refractivity contribution in [1.29, 1.82) is 0 Å². The number of nitrogens with zero attached hydrogens (tertiary/aromatic N) is 4. The Labute approximate surface area is 201 Å². The Bertz CT molecular complexity index is 1400. The van der Waals surface area contributed by atoms with Crippen molar-refractivity contribution in [1.82, 2.24) is 5.16 Å². The first-order chi connectivity index (χ1) is 17.2. The van der Waals surface area contributed by atoms with Gasteiger partial charge in [0.05, 0.1) is 23.0 Å². The highest BCUT2D eigenvalue weighted by Gasteiger charge is 2.31. The number of hydrogen-bond acceptors (Lipinski definition) is 6. The molecule has 11 heteroatoms. The minimum Gasteiger partial charge on any atom is -0.406 e. The molecule has 1 aromatic heterocycles. The molecular weight excluding hydrogens is 483 g/mol. The Morgan fingerprint density at radius 3 is 2.61 bits per heavy atom. The number of benzene rings is 2. The maximum absolute atomic E-state index is 14.2. The highest BCUT2D eigenvalue weighted by atomic mass is 19.4. The predicted molar refractivity (Wildman–Crippen MR) is 122 cm³/mol. The minimum atomic E-state index is -4.76. The van der Waals surface area contributed by atoms with Crippen LogP contribution in [0.1, 0.15) is 24.1 Å². The van der Waals surface area contributed by atoms with Crippen LogP contribution in [0.5, 0.6) is 5.75 Å². The third kappa shape index (κ3) is 5.24. The van der Waals surface area contributed by atoms with Gasteiger partial charge in [-0.2, -0.15) is 0 Å². The van der Waals surface area contributed by atoms with E-state index in [2.05, 4.69) is 24.9 Å². The van der Waals surface area contributed by atoms with Crippen molar-refractivity contribution in [2.45, 2.75) is 31.7 Å². The van der Waals surface area contributed by atoms with Crippen LogP contribution in [0.15, 0.2) is 79.8 Å². The van der Waals surface area contributed by atoms with Crippen molar-refractivity contribution < 1.29 is 31.2 Å². The third-order valence-corrected chi connectivity index (χ3v) is 5.53. The molecule has 6 nitrogen and oxygen atoms in total. The van der Waals surface area contributed by atoms with Crippen LogP contribution in [0.3, 0.4) is 0 Å². The topological polar surface area (TPSA) is 72.3 Å². The van der Waals surface area contributed by atoms with E-state index in [1.165, 1.54) is 36.4 Å². The Morgan fingerprint density at radius 1 is 1.03 bits per heavy atom. The molecule has 2 aromatic carbocycles. The van der Waals surface area contributed by atoms with Gasteiger partial charge in [0.15, 0.2) is 23.2 Å². The Balaban J connectivity index is 1.27. The summed E-state index contributed by atoms with van der Waals surface area (Å²) in [5.74, 6) is -1.82. The molecule has 0 bridgehead atoms. The molecule has 0 radical (unpaired) electrons. The van der Waals surface area contributed by atoms with Crippen LogP contribution in [-0.2, 0) is 6.42 Å². The number of alkyl halides is 3. The van der Waals surface area contributed by atoms with Gasteiger partial charge < -0.3 is 9.26 Å². The lowest BCUT2D eigenvalue weighted by molar-refractivity contribution is -0.274. The Kier molecular flexibility index (Phi) is 6.21. The average Bonchev–Trinajstić information content (AvgIpc) is 3.44. The van der Waals surface area contributed by atoms with E-state index >= 15 is 0 Å². The molecule has 1 unspecified atom stereocenters. The van der Waals surface area contributed by atoms with Crippen LogP contribution < -0.4 is 4.74 Å². The van der Waals surface area contributed by atoms with Crippen molar-refractivity contribution in [2.24, 2.45) is 15.0 Å². The lowest BCUT2D eigenvalue weighted by Gasteiger charge is -2.11. The minimum absolute atomic E-state index is 0.0202. The van der Waals surface area contributed by atoms with E-state index in [1.807, 2.05) is 6.08 Å². The van der Waals surface area contributed by atoms with Crippen LogP contribution in [0.25, 0.3) is 11.3 Å².